The highest BCUT2D eigenvalue weighted by Gasteiger charge is 2.45. The molecule has 4 heteroatoms. The van der Waals surface area contributed by atoms with Crippen LogP contribution >= 0.6 is 0 Å². The lowest BCUT2D eigenvalue weighted by Crippen LogP contribution is -2.44. The molecule has 2 saturated carbocycles. The van der Waals surface area contributed by atoms with Crippen molar-refractivity contribution in [3.63, 3.8) is 0 Å². The summed E-state index contributed by atoms with van der Waals surface area (Å²) in [5.41, 5.74) is 5.84. The highest BCUT2D eigenvalue weighted by atomic mass is 16.3. The second kappa shape index (κ2) is 5.36. The lowest BCUT2D eigenvalue weighted by atomic mass is 9.89. The van der Waals surface area contributed by atoms with E-state index in [1.165, 1.54) is 32.1 Å². The van der Waals surface area contributed by atoms with Crippen molar-refractivity contribution < 1.29 is 5.11 Å². The molecule has 17 heavy (non-hydrogen) atoms. The Kier molecular flexibility index (Phi) is 4.05. The van der Waals surface area contributed by atoms with Crippen molar-refractivity contribution in [1.29, 1.82) is 5.41 Å². The van der Waals surface area contributed by atoms with Crippen LogP contribution in [-0.2, 0) is 0 Å². The van der Waals surface area contributed by atoms with Crippen LogP contribution in [0.25, 0.3) is 0 Å². The van der Waals surface area contributed by atoms with Crippen molar-refractivity contribution in [2.75, 3.05) is 19.7 Å². The molecule has 0 bridgehead atoms. The Labute approximate surface area is 104 Å². The largest absolute Gasteiger partial charge is 0.396 e. The summed E-state index contributed by atoms with van der Waals surface area (Å²) in [6, 6.07) is 0.728. The van der Waals surface area contributed by atoms with Crippen LogP contribution in [0.15, 0.2) is 0 Å². The van der Waals surface area contributed by atoms with E-state index in [0.29, 0.717) is 11.3 Å². The highest BCUT2D eigenvalue weighted by molar-refractivity contribution is 5.78. The maximum absolute atomic E-state index is 8.97. The van der Waals surface area contributed by atoms with Crippen molar-refractivity contribution in [2.24, 2.45) is 11.1 Å². The average Bonchev–Trinajstić information content (AvgIpc) is 2.90. The molecule has 0 radical (unpaired) electrons. The van der Waals surface area contributed by atoms with E-state index in [9.17, 15) is 0 Å². The number of amidine groups is 1. The van der Waals surface area contributed by atoms with Crippen LogP contribution < -0.4 is 5.73 Å². The molecule has 0 unspecified atom stereocenters. The van der Waals surface area contributed by atoms with Crippen LogP contribution in [0, 0.1) is 10.8 Å². The van der Waals surface area contributed by atoms with Crippen LogP contribution in [0.2, 0.25) is 0 Å². The Bertz CT molecular complexity index is 272. The van der Waals surface area contributed by atoms with Gasteiger partial charge in [-0.2, -0.15) is 0 Å². The fraction of sp³-hybridized carbons (Fsp3) is 0.923. The van der Waals surface area contributed by atoms with Crippen LogP contribution in [-0.4, -0.2) is 41.6 Å². The maximum atomic E-state index is 8.97. The summed E-state index contributed by atoms with van der Waals surface area (Å²) in [5.74, 6) is 0.332. The highest BCUT2D eigenvalue weighted by Crippen LogP contribution is 2.50. The SMILES string of the molecule is N=C(N)CC1(CN(CCCO)C2CCC2)CC1. The molecular weight excluding hydrogens is 214 g/mol. The van der Waals surface area contributed by atoms with Gasteiger partial charge < -0.3 is 10.8 Å². The third-order valence-electron chi connectivity index (χ3n) is 4.26. The van der Waals surface area contributed by atoms with Gasteiger partial charge in [0.15, 0.2) is 0 Å². The predicted molar refractivity (Wildman–Crippen MR) is 69.1 cm³/mol. The summed E-state index contributed by atoms with van der Waals surface area (Å²) in [6.45, 7) is 2.36. The molecule has 0 atom stereocenters. The van der Waals surface area contributed by atoms with Gasteiger partial charge in [0.1, 0.15) is 0 Å². The summed E-state index contributed by atoms with van der Waals surface area (Å²) >= 11 is 0. The first-order valence-electron chi connectivity index (χ1n) is 6.83. The quantitative estimate of drug-likeness (QED) is 0.442. The van der Waals surface area contributed by atoms with E-state index < -0.39 is 0 Å². The minimum atomic E-state index is 0.281. The van der Waals surface area contributed by atoms with Gasteiger partial charge in [-0.1, -0.05) is 6.42 Å². The second-order valence-corrected chi connectivity index (χ2v) is 5.83. The third kappa shape index (κ3) is 3.42. The van der Waals surface area contributed by atoms with E-state index >= 15 is 0 Å². The topological polar surface area (TPSA) is 73.3 Å². The summed E-state index contributed by atoms with van der Waals surface area (Å²) in [6.07, 6.45) is 8.02. The molecule has 0 aromatic carbocycles. The number of nitrogens with one attached hydrogen (secondary N) is 1. The minimum absolute atomic E-state index is 0.281. The monoisotopic (exact) mass is 239 g/mol. The molecule has 0 amide bonds. The molecule has 0 aliphatic heterocycles. The molecule has 0 aromatic rings. The molecule has 0 aromatic heterocycles. The van der Waals surface area contributed by atoms with E-state index in [1.54, 1.807) is 0 Å². The lowest BCUT2D eigenvalue weighted by molar-refractivity contribution is 0.0939. The van der Waals surface area contributed by atoms with E-state index in [1.807, 2.05) is 0 Å². The van der Waals surface area contributed by atoms with Crippen molar-refractivity contribution in [2.45, 2.75) is 51.0 Å². The zero-order chi connectivity index (χ0) is 12.3. The number of nitrogens with two attached hydrogens (primary N) is 1. The number of rotatable bonds is 8. The second-order valence-electron chi connectivity index (χ2n) is 5.83. The Morgan fingerprint density at radius 3 is 2.53 bits per heavy atom. The molecule has 2 aliphatic carbocycles. The van der Waals surface area contributed by atoms with Crippen molar-refractivity contribution >= 4 is 5.84 Å². The van der Waals surface area contributed by atoms with Crippen LogP contribution in [0.4, 0.5) is 0 Å². The van der Waals surface area contributed by atoms with Gasteiger partial charge in [0.2, 0.25) is 0 Å². The van der Waals surface area contributed by atoms with E-state index in [4.69, 9.17) is 16.2 Å². The van der Waals surface area contributed by atoms with E-state index in [-0.39, 0.29) is 6.61 Å². The van der Waals surface area contributed by atoms with Crippen LogP contribution in [0.1, 0.15) is 44.9 Å². The molecule has 98 valence electrons. The summed E-state index contributed by atoms with van der Waals surface area (Å²) < 4.78 is 0. The normalized spacial score (nSPS) is 22.5. The molecule has 2 aliphatic rings. The first-order chi connectivity index (χ1) is 8.15. The van der Waals surface area contributed by atoms with Gasteiger partial charge in [0.05, 0.1) is 5.84 Å². The Morgan fingerprint density at radius 2 is 2.12 bits per heavy atom. The molecule has 0 spiro atoms. The zero-order valence-electron chi connectivity index (χ0n) is 10.6. The number of aliphatic hydroxyl groups excluding tert-OH is 1. The van der Waals surface area contributed by atoms with Crippen molar-refractivity contribution in [3.8, 4) is 0 Å². The number of aliphatic hydroxyl groups is 1. The summed E-state index contributed by atoms with van der Waals surface area (Å²) in [5, 5.41) is 16.4. The van der Waals surface area contributed by atoms with E-state index in [0.717, 1.165) is 32.0 Å². The van der Waals surface area contributed by atoms with Gasteiger partial charge in [-0.3, -0.25) is 10.3 Å². The molecular formula is C13H25N3O. The molecule has 0 heterocycles. The smallest absolute Gasteiger partial charge is 0.0911 e. The molecule has 2 rings (SSSR count). The lowest BCUT2D eigenvalue weighted by Gasteiger charge is -2.39. The number of nitrogens with zero attached hydrogens (tertiary/aromatic N) is 1. The number of hydrogen-bond acceptors (Lipinski definition) is 3. The minimum Gasteiger partial charge on any atom is -0.396 e. The summed E-state index contributed by atoms with van der Waals surface area (Å²) in [4.78, 5) is 2.54. The van der Waals surface area contributed by atoms with Crippen LogP contribution in [0.3, 0.4) is 0 Å². The zero-order valence-corrected chi connectivity index (χ0v) is 10.6. The van der Waals surface area contributed by atoms with Gasteiger partial charge in [-0.25, -0.2) is 0 Å². The van der Waals surface area contributed by atoms with Gasteiger partial charge in [-0.05, 0) is 37.5 Å². The number of hydrogen-bond donors (Lipinski definition) is 3. The molecule has 4 nitrogen and oxygen atoms in total. The third-order valence-corrected chi connectivity index (χ3v) is 4.26. The standard InChI is InChI=1S/C13H25N3O/c14-12(15)9-13(5-6-13)10-16(7-2-8-17)11-3-1-4-11/h11,17H,1-10H2,(H3,14,15). The first kappa shape index (κ1) is 12.8. The molecule has 0 saturated heterocycles. The Balaban J connectivity index is 1.85. The Hall–Kier alpha value is -0.610. The van der Waals surface area contributed by atoms with Gasteiger partial charge in [0.25, 0.3) is 0 Å². The van der Waals surface area contributed by atoms with Gasteiger partial charge in [0, 0.05) is 32.2 Å². The van der Waals surface area contributed by atoms with Gasteiger partial charge >= 0.3 is 0 Å². The molecule has 2 fully saturated rings. The predicted octanol–water partition coefficient (Wildman–Crippen LogP) is 1.33. The fourth-order valence-electron chi connectivity index (χ4n) is 2.82. The summed E-state index contributed by atoms with van der Waals surface area (Å²) in [7, 11) is 0. The van der Waals surface area contributed by atoms with Crippen molar-refractivity contribution in [1.82, 2.24) is 4.90 Å². The fourth-order valence-corrected chi connectivity index (χ4v) is 2.82. The Morgan fingerprint density at radius 1 is 1.41 bits per heavy atom. The first-order valence-corrected chi connectivity index (χ1v) is 6.83. The molecule has 4 N–H and O–H groups in total. The average molecular weight is 239 g/mol. The van der Waals surface area contributed by atoms with Gasteiger partial charge in [-0.15, -0.1) is 0 Å². The van der Waals surface area contributed by atoms with E-state index in [2.05, 4.69) is 4.90 Å². The van der Waals surface area contributed by atoms with Crippen LogP contribution in [0.5, 0.6) is 0 Å². The van der Waals surface area contributed by atoms with Crippen molar-refractivity contribution in [3.05, 3.63) is 0 Å². The maximum Gasteiger partial charge on any atom is 0.0911 e.